The summed E-state index contributed by atoms with van der Waals surface area (Å²) in [6.07, 6.45) is 19.6. The van der Waals surface area contributed by atoms with Crippen LogP contribution in [-0.2, 0) is 9.53 Å². The Morgan fingerprint density at radius 1 is 0.667 bits per heavy atom. The van der Waals surface area contributed by atoms with Gasteiger partial charge in [0, 0.05) is 0 Å². The van der Waals surface area contributed by atoms with E-state index >= 15 is 0 Å². The lowest BCUT2D eigenvalue weighted by Gasteiger charge is -2.10. The zero-order valence-corrected chi connectivity index (χ0v) is 17.5. The molecule has 0 radical (unpaired) electrons. The summed E-state index contributed by atoms with van der Waals surface area (Å²) >= 11 is 16.2. The monoisotopic (exact) mass is 400 g/mol. The van der Waals surface area contributed by atoms with Crippen molar-refractivity contribution in [3.8, 4) is 0 Å². The van der Waals surface area contributed by atoms with Gasteiger partial charge in [-0.2, -0.15) is 0 Å². The fourth-order valence-electron chi connectivity index (χ4n) is 2.72. The molecule has 0 rings (SSSR count). The highest BCUT2D eigenvalue weighted by Crippen LogP contribution is 2.27. The van der Waals surface area contributed by atoms with Crippen LogP contribution in [0.25, 0.3) is 0 Å². The molecule has 2 nitrogen and oxygen atoms in total. The molecule has 0 aromatic carbocycles. The molecule has 24 heavy (non-hydrogen) atoms. The zero-order chi connectivity index (χ0) is 18.1. The average molecular weight is 402 g/mol. The van der Waals surface area contributed by atoms with Crippen molar-refractivity contribution in [2.75, 3.05) is 6.61 Å². The number of carbonyl (C=O) groups excluding carboxylic acids is 1. The number of unbranched alkanes of at least 4 members (excludes halogenated alkanes) is 14. The van der Waals surface area contributed by atoms with Crippen molar-refractivity contribution in [1.82, 2.24) is 0 Å². The first-order chi connectivity index (χ1) is 11.5. The first kappa shape index (κ1) is 24.3. The molecule has 0 atom stereocenters. The van der Waals surface area contributed by atoms with Crippen molar-refractivity contribution in [2.45, 2.75) is 107 Å². The first-order valence-corrected chi connectivity index (χ1v) is 10.9. The van der Waals surface area contributed by atoms with Crippen LogP contribution in [0.2, 0.25) is 0 Å². The first-order valence-electron chi connectivity index (χ1n) is 9.72. The fraction of sp³-hybridized carbons (Fsp3) is 0.947. The summed E-state index contributed by atoms with van der Waals surface area (Å²) in [6, 6.07) is 0. The maximum atomic E-state index is 11.2. The Balaban J connectivity index is 3.12. The number of rotatable bonds is 16. The molecule has 0 unspecified atom stereocenters. The molecule has 0 aliphatic carbocycles. The van der Waals surface area contributed by atoms with Crippen LogP contribution in [0, 0.1) is 0 Å². The van der Waals surface area contributed by atoms with Crippen molar-refractivity contribution < 1.29 is 9.53 Å². The van der Waals surface area contributed by atoms with Crippen molar-refractivity contribution in [3.05, 3.63) is 0 Å². The smallest absolute Gasteiger partial charge is 0.358 e. The van der Waals surface area contributed by atoms with Gasteiger partial charge >= 0.3 is 5.97 Å². The molecule has 0 spiro atoms. The molecule has 0 bridgehead atoms. The number of hydrogen-bond acceptors (Lipinski definition) is 2. The Morgan fingerprint density at radius 3 is 1.33 bits per heavy atom. The van der Waals surface area contributed by atoms with Crippen molar-refractivity contribution in [1.29, 1.82) is 0 Å². The number of hydrogen-bond donors (Lipinski definition) is 0. The fourth-order valence-corrected chi connectivity index (χ4v) is 2.88. The number of ether oxygens (including phenoxy) is 1. The largest absolute Gasteiger partial charge is 0.463 e. The van der Waals surface area contributed by atoms with Gasteiger partial charge in [-0.1, -0.05) is 132 Å². The second-order valence-corrected chi connectivity index (χ2v) is 8.86. The quantitative estimate of drug-likeness (QED) is 0.150. The van der Waals surface area contributed by atoms with Crippen LogP contribution < -0.4 is 0 Å². The predicted octanol–water partition coefficient (Wildman–Crippen LogP) is 7.77. The summed E-state index contributed by atoms with van der Waals surface area (Å²) in [5, 5.41) is 0. The topological polar surface area (TPSA) is 26.3 Å². The minimum absolute atomic E-state index is 0.338. The molecular formula is C19H35Cl3O2. The standard InChI is InChI=1S/C19H35Cl3O2/c1-2-3-4-5-6-7-8-9-10-11-12-13-14-15-16-17-24-18(23)19(20,21)22/h2-17H2,1H3. The maximum absolute atomic E-state index is 11.2. The van der Waals surface area contributed by atoms with E-state index in [-0.39, 0.29) is 0 Å². The highest BCUT2D eigenvalue weighted by molar-refractivity contribution is 6.75. The lowest BCUT2D eigenvalue weighted by atomic mass is 10.0. The molecule has 0 aromatic heterocycles. The van der Waals surface area contributed by atoms with Crippen LogP contribution in [-0.4, -0.2) is 16.4 Å². The van der Waals surface area contributed by atoms with E-state index in [4.69, 9.17) is 39.5 Å². The van der Waals surface area contributed by atoms with Gasteiger partial charge in [-0.05, 0) is 6.42 Å². The molecule has 0 saturated heterocycles. The van der Waals surface area contributed by atoms with Gasteiger partial charge in [0.1, 0.15) is 0 Å². The molecule has 0 aliphatic heterocycles. The summed E-state index contributed by atoms with van der Waals surface area (Å²) in [7, 11) is 0. The molecule has 0 saturated carbocycles. The molecule has 0 heterocycles. The van der Waals surface area contributed by atoms with Crippen LogP contribution in [0.3, 0.4) is 0 Å². The summed E-state index contributed by atoms with van der Waals surface area (Å²) < 4.78 is 2.94. The Bertz CT molecular complexity index is 291. The van der Waals surface area contributed by atoms with E-state index in [0.29, 0.717) is 6.61 Å². The minimum atomic E-state index is -1.95. The van der Waals surface area contributed by atoms with Crippen LogP contribution in [0.5, 0.6) is 0 Å². The molecule has 0 amide bonds. The zero-order valence-electron chi connectivity index (χ0n) is 15.3. The lowest BCUT2D eigenvalue weighted by molar-refractivity contribution is -0.142. The van der Waals surface area contributed by atoms with E-state index in [1.165, 1.54) is 83.5 Å². The van der Waals surface area contributed by atoms with Crippen LogP contribution in [0.1, 0.15) is 103 Å². The summed E-state index contributed by atoms with van der Waals surface area (Å²) in [4.78, 5) is 11.2. The van der Waals surface area contributed by atoms with Gasteiger partial charge in [0.25, 0.3) is 3.79 Å². The number of esters is 1. The highest BCUT2D eigenvalue weighted by Gasteiger charge is 2.32. The third-order valence-corrected chi connectivity index (χ3v) is 4.68. The molecule has 0 aromatic rings. The molecule has 0 fully saturated rings. The van der Waals surface area contributed by atoms with E-state index in [9.17, 15) is 4.79 Å². The Kier molecular flexibility index (Phi) is 17.0. The minimum Gasteiger partial charge on any atom is -0.463 e. The van der Waals surface area contributed by atoms with Crippen LogP contribution in [0.15, 0.2) is 0 Å². The molecule has 0 N–H and O–H groups in total. The number of carbonyl (C=O) groups is 1. The molecule has 144 valence electrons. The van der Waals surface area contributed by atoms with E-state index in [0.717, 1.165) is 12.8 Å². The van der Waals surface area contributed by atoms with Crippen molar-refractivity contribution in [3.63, 3.8) is 0 Å². The summed E-state index contributed by atoms with van der Waals surface area (Å²) in [5.74, 6) is -0.780. The summed E-state index contributed by atoms with van der Waals surface area (Å²) in [5.41, 5.74) is 0. The second-order valence-electron chi connectivity index (χ2n) is 6.58. The van der Waals surface area contributed by atoms with Gasteiger partial charge < -0.3 is 4.74 Å². The van der Waals surface area contributed by atoms with Gasteiger partial charge in [-0.3, -0.25) is 0 Å². The Hall–Kier alpha value is 0.340. The van der Waals surface area contributed by atoms with Gasteiger partial charge in [-0.15, -0.1) is 0 Å². The SMILES string of the molecule is CCCCCCCCCCCCCCCCCOC(=O)C(Cl)(Cl)Cl. The Morgan fingerprint density at radius 2 is 1.00 bits per heavy atom. The molecular weight excluding hydrogens is 367 g/mol. The van der Waals surface area contributed by atoms with E-state index in [2.05, 4.69) is 6.92 Å². The second kappa shape index (κ2) is 16.8. The van der Waals surface area contributed by atoms with Gasteiger partial charge in [0.15, 0.2) is 0 Å². The van der Waals surface area contributed by atoms with Crippen molar-refractivity contribution in [2.24, 2.45) is 0 Å². The van der Waals surface area contributed by atoms with Gasteiger partial charge in [0.05, 0.1) is 6.61 Å². The van der Waals surface area contributed by atoms with E-state index in [1.54, 1.807) is 0 Å². The van der Waals surface area contributed by atoms with Crippen LogP contribution >= 0.6 is 34.8 Å². The predicted molar refractivity (Wildman–Crippen MR) is 106 cm³/mol. The normalized spacial score (nSPS) is 11.7. The Labute approximate surface area is 163 Å². The third-order valence-electron chi connectivity index (χ3n) is 4.21. The van der Waals surface area contributed by atoms with Crippen molar-refractivity contribution >= 4 is 40.8 Å². The van der Waals surface area contributed by atoms with Gasteiger partial charge in [0.2, 0.25) is 0 Å². The average Bonchev–Trinajstić information content (AvgIpc) is 2.53. The van der Waals surface area contributed by atoms with Crippen LogP contribution in [0.4, 0.5) is 0 Å². The molecule has 0 aliphatic rings. The number of halogens is 3. The summed E-state index contributed by atoms with van der Waals surface area (Å²) in [6.45, 7) is 2.60. The van der Waals surface area contributed by atoms with E-state index < -0.39 is 9.76 Å². The highest BCUT2D eigenvalue weighted by atomic mass is 35.6. The van der Waals surface area contributed by atoms with Gasteiger partial charge in [-0.25, -0.2) is 4.79 Å². The van der Waals surface area contributed by atoms with E-state index in [1.807, 2.05) is 0 Å². The third kappa shape index (κ3) is 17.2. The maximum Gasteiger partial charge on any atom is 0.358 e. The lowest BCUT2D eigenvalue weighted by Crippen LogP contribution is -2.22. The number of alkyl halides is 3. The molecule has 5 heteroatoms.